The third-order valence-corrected chi connectivity index (χ3v) is 15.4. The van der Waals surface area contributed by atoms with Crippen molar-refractivity contribution in [2.24, 2.45) is 16.6 Å². The molecule has 6 fully saturated rings. The summed E-state index contributed by atoms with van der Waals surface area (Å²) < 4.78 is 2.14. The lowest BCUT2D eigenvalue weighted by Crippen LogP contribution is -2.60. The smallest absolute Gasteiger partial charge is 0.270 e. The van der Waals surface area contributed by atoms with Gasteiger partial charge in [0.1, 0.15) is 17.2 Å². The van der Waals surface area contributed by atoms with E-state index in [-0.39, 0.29) is 42.9 Å². The highest BCUT2D eigenvalue weighted by molar-refractivity contribution is 6.01. The van der Waals surface area contributed by atoms with Gasteiger partial charge in [-0.1, -0.05) is 70.5 Å². The van der Waals surface area contributed by atoms with Crippen LogP contribution in [0.1, 0.15) is 132 Å². The zero-order chi connectivity index (χ0) is 51.7. The van der Waals surface area contributed by atoms with Crippen molar-refractivity contribution in [2.75, 3.05) is 75.5 Å². The molecule has 74 heavy (non-hydrogen) atoms. The van der Waals surface area contributed by atoms with E-state index >= 15 is 0 Å². The molecule has 0 radical (unpaired) electrons. The normalized spacial score (nSPS) is 19.9. The topological polar surface area (TPSA) is 204 Å². The second-order valence-corrected chi connectivity index (χ2v) is 21.1. The lowest BCUT2D eigenvalue weighted by molar-refractivity contribution is -0.135. The van der Waals surface area contributed by atoms with Crippen LogP contribution < -0.4 is 31.5 Å². The van der Waals surface area contributed by atoms with Crippen LogP contribution in [0.5, 0.6) is 0 Å². The molecule has 8 heterocycles. The molecule has 1 atom stereocenters. The third kappa shape index (κ3) is 13.1. The number of amides is 5. The van der Waals surface area contributed by atoms with E-state index < -0.39 is 0 Å². The number of nitrogens with two attached hydrogens (primary N) is 1. The van der Waals surface area contributed by atoms with Crippen LogP contribution in [-0.2, 0) is 25.7 Å². The summed E-state index contributed by atoms with van der Waals surface area (Å²) in [6, 6.07) is 25.4. The zero-order valence-electron chi connectivity index (χ0n) is 43.4. The molecule has 1 aliphatic carbocycles. The lowest BCUT2D eigenvalue weighted by Gasteiger charge is -2.55. The predicted octanol–water partition coefficient (Wildman–Crippen LogP) is 7.96. The summed E-state index contributed by atoms with van der Waals surface area (Å²) in [5, 5.41) is 8.80. The number of pyridine rings is 1. The Bertz CT molecular complexity index is 2680. The number of anilines is 4. The number of carbonyl (C=O) groups excluding carboxylic acids is 5. The average Bonchev–Trinajstić information content (AvgIpc) is 4.05. The first-order chi connectivity index (χ1) is 35.3. The monoisotopic (exact) mass is 1010 g/mol. The van der Waals surface area contributed by atoms with Crippen molar-refractivity contribution >= 4 is 63.7 Å². The number of carbonyl (C=O) groups is 5. The van der Waals surface area contributed by atoms with Crippen LogP contribution in [0, 0.1) is 10.8 Å². The van der Waals surface area contributed by atoms with Crippen molar-refractivity contribution in [3.05, 3.63) is 102 Å². The van der Waals surface area contributed by atoms with E-state index in [0.29, 0.717) is 60.6 Å². The Morgan fingerprint density at radius 3 is 1.99 bits per heavy atom. The highest BCUT2D eigenvalue weighted by Crippen LogP contribution is 2.43. The van der Waals surface area contributed by atoms with E-state index in [9.17, 15) is 24.0 Å². The Hall–Kier alpha value is -6.72. The minimum Gasteiger partial charge on any atom is -0.370 e. The van der Waals surface area contributed by atoms with E-state index in [2.05, 4.69) is 113 Å². The molecule has 17 heteroatoms. The summed E-state index contributed by atoms with van der Waals surface area (Å²) in [6.07, 6.45) is 14.7. The summed E-state index contributed by atoms with van der Waals surface area (Å²) in [5.74, 6) is 0.424. The van der Waals surface area contributed by atoms with Crippen LogP contribution in [0.3, 0.4) is 0 Å². The Labute approximate surface area is 437 Å². The molecule has 3 aromatic heterocycles. The first-order valence-electron chi connectivity index (χ1n) is 26.2. The summed E-state index contributed by atoms with van der Waals surface area (Å²) in [5.41, 5.74) is 11.7. The number of hydrogen-bond acceptors (Lipinski definition) is 13. The van der Waals surface area contributed by atoms with Gasteiger partial charge in [0.15, 0.2) is 0 Å². The van der Waals surface area contributed by atoms with Gasteiger partial charge in [0, 0.05) is 112 Å². The maximum atomic E-state index is 13.0. The molecule has 5 amide bonds. The van der Waals surface area contributed by atoms with Gasteiger partial charge in [-0.05, 0) is 113 Å². The van der Waals surface area contributed by atoms with Gasteiger partial charge in [0.2, 0.25) is 29.6 Å². The molecular formula is C57H78N12O5. The van der Waals surface area contributed by atoms with Crippen molar-refractivity contribution in [3.8, 4) is 0 Å². The molecule has 5 aliphatic heterocycles. The van der Waals surface area contributed by atoms with Gasteiger partial charge >= 0.3 is 0 Å². The van der Waals surface area contributed by atoms with Crippen molar-refractivity contribution in [3.63, 3.8) is 0 Å². The number of fused-ring (bicyclic) bond motifs is 1. The van der Waals surface area contributed by atoms with Crippen LogP contribution in [0.2, 0.25) is 0 Å². The van der Waals surface area contributed by atoms with Crippen molar-refractivity contribution < 1.29 is 24.0 Å². The molecule has 17 nitrogen and oxygen atoms in total. The van der Waals surface area contributed by atoms with E-state index in [1.807, 2.05) is 30.5 Å². The van der Waals surface area contributed by atoms with Crippen molar-refractivity contribution in [2.45, 2.75) is 117 Å². The Morgan fingerprint density at radius 1 is 0.770 bits per heavy atom. The predicted molar refractivity (Wildman–Crippen MR) is 292 cm³/mol. The first-order valence-corrected chi connectivity index (χ1v) is 26.2. The van der Waals surface area contributed by atoms with Gasteiger partial charge in [0.05, 0.1) is 5.92 Å². The minimum absolute atomic E-state index is 0. The molecule has 5 aromatic rings. The Balaban J connectivity index is 0.000000207. The van der Waals surface area contributed by atoms with Gasteiger partial charge in [-0.25, -0.2) is 9.97 Å². The molecule has 5 N–H and O–H groups in total. The summed E-state index contributed by atoms with van der Waals surface area (Å²) >= 11 is 0. The molecule has 2 aromatic carbocycles. The third-order valence-electron chi connectivity index (χ3n) is 15.4. The summed E-state index contributed by atoms with van der Waals surface area (Å²) in [4.78, 5) is 79.9. The van der Waals surface area contributed by atoms with Crippen molar-refractivity contribution in [1.29, 1.82) is 0 Å². The maximum absolute atomic E-state index is 13.0. The molecule has 1 unspecified atom stereocenters. The number of hydrogen-bond donors (Lipinski definition) is 4. The highest BCUT2D eigenvalue weighted by atomic mass is 16.2. The number of likely N-dealkylation sites (tertiary alicyclic amines) is 1. The summed E-state index contributed by atoms with van der Waals surface area (Å²) in [7, 11) is 5.09. The molecule has 0 bridgehead atoms. The van der Waals surface area contributed by atoms with Gasteiger partial charge in [0.25, 0.3) is 5.91 Å². The standard InChI is InChI=1S/C33H40N8O.C17H22N2O2.C5H7NO2.CH5N.CH4/c1-38(2)31(42)28-18-25-20-35-32(37-30(25)41(28)27-10-6-7-11-27)36-29-13-12-24(19-34-29)21-39-16-14-33(15-17-39)22-40(23-33)26-8-4-3-5-9-26;1-3-17(2)10-19(11-17)13-6-4-12(5-7-13)14-8-9-15(20)18-16(14)21;7-4-2-1-3-5(8)6-4;1-2;/h3-5,8-9,12-13,18-20,27H,6-7,10-11,14-17,21-23H2,1-2H3,(H,34,35,36,37);4-7,14H,3,8-11H2,1-2H3,(H,18,20,21);1-3H2,(H,6,7,8);2H2,1H3;1H4. The quantitative estimate of drug-likeness (QED) is 0.0983. The molecular weight excluding hydrogens is 933 g/mol. The molecule has 1 spiro atoms. The van der Waals surface area contributed by atoms with E-state index in [1.54, 1.807) is 25.2 Å². The van der Waals surface area contributed by atoms with E-state index in [0.717, 1.165) is 68.0 Å². The van der Waals surface area contributed by atoms with Gasteiger partial charge < -0.3 is 30.3 Å². The summed E-state index contributed by atoms with van der Waals surface area (Å²) in [6.45, 7) is 12.3. The van der Waals surface area contributed by atoms with Crippen LogP contribution in [-0.4, -0.2) is 119 Å². The van der Waals surface area contributed by atoms with Crippen LogP contribution in [0.25, 0.3) is 11.0 Å². The number of piperidine rings is 3. The Kier molecular flexibility index (Phi) is 18.3. The maximum Gasteiger partial charge on any atom is 0.270 e. The number of nitrogens with one attached hydrogen (secondary N) is 3. The molecule has 6 aliphatic rings. The molecule has 11 rings (SSSR count). The van der Waals surface area contributed by atoms with E-state index in [4.69, 9.17) is 4.98 Å². The fourth-order valence-electron chi connectivity index (χ4n) is 10.9. The van der Waals surface area contributed by atoms with Crippen molar-refractivity contribution in [1.82, 2.24) is 40.0 Å². The first kappa shape index (κ1) is 55.0. The second-order valence-electron chi connectivity index (χ2n) is 21.1. The van der Waals surface area contributed by atoms with Gasteiger partial charge in [-0.2, -0.15) is 4.98 Å². The average molecular weight is 1010 g/mol. The fraction of sp³-hybridized carbons (Fsp3) is 0.509. The van der Waals surface area contributed by atoms with Gasteiger partial charge in [-0.15, -0.1) is 0 Å². The van der Waals surface area contributed by atoms with Gasteiger partial charge in [-0.3, -0.25) is 39.5 Å². The number of benzene rings is 2. The molecule has 396 valence electrons. The number of rotatable bonds is 10. The minimum atomic E-state index is -0.186. The van der Waals surface area contributed by atoms with Crippen LogP contribution in [0.15, 0.2) is 85.2 Å². The number of aromatic nitrogens is 4. The number of nitrogens with zero attached hydrogens (tertiary/aromatic N) is 8. The Morgan fingerprint density at radius 2 is 1.41 bits per heavy atom. The SMILES string of the molecule is C.CCC1(C)CN(c2ccc(C3CCC(=O)NC3=O)cc2)C1.CN.CN(C)C(=O)c1cc2cnc(Nc3ccc(CN4CCC5(CC4)CN(c4ccccc4)C5)cn3)nc2n1C1CCCC1.O=C1CCCC(=O)N1. The molecule has 5 saturated heterocycles. The number of para-hydroxylation sites is 1. The highest BCUT2D eigenvalue weighted by Gasteiger charge is 2.45. The van der Waals surface area contributed by atoms with Crippen LogP contribution >= 0.6 is 0 Å². The largest absolute Gasteiger partial charge is 0.370 e. The van der Waals surface area contributed by atoms with E-state index in [1.165, 1.54) is 69.2 Å². The fourth-order valence-corrected chi connectivity index (χ4v) is 10.9. The molecule has 1 saturated carbocycles. The second kappa shape index (κ2) is 24.5. The van der Waals surface area contributed by atoms with Crippen LogP contribution in [0.4, 0.5) is 23.1 Å². The lowest BCUT2D eigenvalue weighted by atomic mass is 9.71. The number of imide groups is 2. The zero-order valence-corrected chi connectivity index (χ0v) is 43.4.